The fourth-order valence-corrected chi connectivity index (χ4v) is 2.27. The average Bonchev–Trinajstić information content (AvgIpc) is 2.14. The highest BCUT2D eigenvalue weighted by Crippen LogP contribution is 2.31. The molecule has 6 nitrogen and oxygen atoms in total. The number of aromatic nitrogens is 1. The van der Waals surface area contributed by atoms with Crippen LogP contribution in [0.3, 0.4) is 0 Å². The highest BCUT2D eigenvalue weighted by atomic mass is 35.7. The van der Waals surface area contributed by atoms with Crippen LogP contribution in [0.5, 0.6) is 0 Å². The fourth-order valence-electron chi connectivity index (χ4n) is 1.16. The molecule has 94 valence electrons. The molecule has 17 heavy (non-hydrogen) atoms. The van der Waals surface area contributed by atoms with Crippen LogP contribution in [0.1, 0.15) is 17.6 Å². The van der Waals surface area contributed by atoms with Gasteiger partial charge in [-0.15, -0.1) is 0 Å². The normalized spacial score (nSPS) is 11.8. The first kappa shape index (κ1) is 13.7. The second kappa shape index (κ2) is 4.49. The van der Waals surface area contributed by atoms with Gasteiger partial charge in [0.15, 0.2) is 0 Å². The van der Waals surface area contributed by atoms with Crippen molar-refractivity contribution in [1.82, 2.24) is 4.98 Å². The summed E-state index contributed by atoms with van der Waals surface area (Å²) in [7, 11) is 0.652. The molecule has 0 saturated carbocycles. The van der Waals surface area contributed by atoms with Gasteiger partial charge in [-0.1, -0.05) is 0 Å². The fraction of sp³-hybridized carbons (Fsp3) is 0.286. The number of hydrogen-bond donors (Lipinski definition) is 0. The summed E-state index contributed by atoms with van der Waals surface area (Å²) in [4.78, 5) is 12.4. The van der Waals surface area contributed by atoms with Gasteiger partial charge in [0.05, 0.1) is 0 Å². The maximum Gasteiger partial charge on any atom is 0.373 e. The van der Waals surface area contributed by atoms with E-state index in [4.69, 9.17) is 10.7 Å². The number of nitro groups is 1. The van der Waals surface area contributed by atoms with Crippen LogP contribution in [-0.4, -0.2) is 18.3 Å². The molecule has 0 fully saturated rings. The summed E-state index contributed by atoms with van der Waals surface area (Å²) in [6, 6.07) is 0.686. The smallest absolute Gasteiger partial charge is 0.358 e. The number of aryl methyl sites for hydroxylation is 1. The molecule has 0 spiro atoms. The molecule has 0 bridgehead atoms. The summed E-state index contributed by atoms with van der Waals surface area (Å²) < 4.78 is 46.9. The largest absolute Gasteiger partial charge is 0.373 e. The standard InChI is InChI=1S/C7H5ClF2N2O4S/c1-3-2-4(5(9)10)6(12(13)14)11-7(3)17(8,15)16/h2,5H,1H3. The predicted molar refractivity (Wildman–Crippen MR) is 53.6 cm³/mol. The lowest BCUT2D eigenvalue weighted by molar-refractivity contribution is -0.391. The summed E-state index contributed by atoms with van der Waals surface area (Å²) in [5.74, 6) is -1.22. The van der Waals surface area contributed by atoms with Gasteiger partial charge in [0, 0.05) is 16.2 Å². The molecular formula is C7H5ClF2N2O4S. The highest BCUT2D eigenvalue weighted by molar-refractivity contribution is 8.13. The average molecular weight is 287 g/mol. The van der Waals surface area contributed by atoms with E-state index in [9.17, 15) is 27.3 Å². The second-order valence-corrected chi connectivity index (χ2v) is 5.50. The van der Waals surface area contributed by atoms with E-state index < -0.39 is 36.8 Å². The van der Waals surface area contributed by atoms with Crippen LogP contribution in [0.15, 0.2) is 11.1 Å². The van der Waals surface area contributed by atoms with Crippen molar-refractivity contribution in [3.05, 3.63) is 27.3 Å². The van der Waals surface area contributed by atoms with E-state index in [2.05, 4.69) is 4.98 Å². The third-order valence-electron chi connectivity index (χ3n) is 1.81. The van der Waals surface area contributed by atoms with Gasteiger partial charge in [-0.2, -0.15) is 0 Å². The quantitative estimate of drug-likeness (QED) is 0.482. The Balaban J connectivity index is 3.63. The Hall–Kier alpha value is -1.35. The molecule has 0 atom stereocenters. The van der Waals surface area contributed by atoms with Gasteiger partial charge in [0.25, 0.3) is 11.5 Å². The lowest BCUT2D eigenvalue weighted by Crippen LogP contribution is -2.06. The Labute approximate surface area is 98.8 Å². The molecule has 0 aliphatic heterocycles. The summed E-state index contributed by atoms with van der Waals surface area (Å²) in [5, 5.41) is 9.69. The molecule has 0 amide bonds. The number of alkyl halides is 2. The van der Waals surface area contributed by atoms with Crippen LogP contribution in [0.4, 0.5) is 14.6 Å². The number of hydrogen-bond acceptors (Lipinski definition) is 5. The van der Waals surface area contributed by atoms with E-state index in [0.717, 1.165) is 6.92 Å². The maximum absolute atomic E-state index is 12.5. The third-order valence-corrected chi connectivity index (χ3v) is 3.13. The number of halogens is 3. The first-order valence-electron chi connectivity index (χ1n) is 4.03. The van der Waals surface area contributed by atoms with E-state index in [1.54, 1.807) is 0 Å². The van der Waals surface area contributed by atoms with E-state index in [1.807, 2.05) is 0 Å². The first-order chi connectivity index (χ1) is 7.64. The third kappa shape index (κ3) is 2.86. The second-order valence-electron chi connectivity index (χ2n) is 3.02. The van der Waals surface area contributed by atoms with Crippen LogP contribution < -0.4 is 0 Å². The highest BCUT2D eigenvalue weighted by Gasteiger charge is 2.30. The zero-order chi connectivity index (χ0) is 13.4. The number of rotatable bonds is 3. The topological polar surface area (TPSA) is 90.2 Å². The minimum Gasteiger partial charge on any atom is -0.358 e. The molecule has 0 aromatic carbocycles. The van der Waals surface area contributed by atoms with Crippen LogP contribution in [0, 0.1) is 17.0 Å². The maximum atomic E-state index is 12.5. The van der Waals surface area contributed by atoms with Crippen LogP contribution >= 0.6 is 10.7 Å². The molecule has 1 rings (SSSR count). The Morgan fingerprint density at radius 3 is 2.41 bits per heavy atom. The number of nitrogens with zero attached hydrogens (tertiary/aromatic N) is 2. The molecule has 1 heterocycles. The van der Waals surface area contributed by atoms with Gasteiger partial charge < -0.3 is 10.1 Å². The molecule has 0 radical (unpaired) electrons. The van der Waals surface area contributed by atoms with Gasteiger partial charge >= 0.3 is 14.9 Å². The molecule has 0 N–H and O–H groups in total. The first-order valence-corrected chi connectivity index (χ1v) is 6.34. The lowest BCUT2D eigenvalue weighted by atomic mass is 10.2. The van der Waals surface area contributed by atoms with E-state index in [-0.39, 0.29) is 5.56 Å². The summed E-state index contributed by atoms with van der Waals surface area (Å²) in [6.07, 6.45) is -3.13. The predicted octanol–water partition coefficient (Wildman–Crippen LogP) is 2.16. The Bertz CT molecular complexity index is 575. The van der Waals surface area contributed by atoms with Crippen molar-refractivity contribution in [3.63, 3.8) is 0 Å². The van der Waals surface area contributed by atoms with Crippen molar-refractivity contribution >= 4 is 25.6 Å². The zero-order valence-electron chi connectivity index (χ0n) is 8.22. The molecule has 1 aromatic heterocycles. The van der Waals surface area contributed by atoms with Crippen LogP contribution in [0.25, 0.3) is 0 Å². The minimum atomic E-state index is -4.32. The van der Waals surface area contributed by atoms with E-state index >= 15 is 0 Å². The van der Waals surface area contributed by atoms with Gasteiger partial charge in [-0.05, 0) is 22.9 Å². The summed E-state index contributed by atoms with van der Waals surface area (Å²) >= 11 is 0. The van der Waals surface area contributed by atoms with Crippen LogP contribution in [-0.2, 0) is 9.05 Å². The van der Waals surface area contributed by atoms with Crippen molar-refractivity contribution in [2.45, 2.75) is 18.4 Å². The van der Waals surface area contributed by atoms with Gasteiger partial charge in [0.1, 0.15) is 5.56 Å². The van der Waals surface area contributed by atoms with Crippen molar-refractivity contribution in [3.8, 4) is 0 Å². The monoisotopic (exact) mass is 286 g/mol. The molecular weight excluding hydrogens is 282 g/mol. The molecule has 0 unspecified atom stereocenters. The molecule has 0 aliphatic carbocycles. The number of pyridine rings is 1. The van der Waals surface area contributed by atoms with Crippen molar-refractivity contribution < 1.29 is 22.1 Å². The molecule has 10 heteroatoms. The van der Waals surface area contributed by atoms with Gasteiger partial charge in [0.2, 0.25) is 0 Å². The minimum absolute atomic E-state index is 0.180. The zero-order valence-corrected chi connectivity index (χ0v) is 9.80. The van der Waals surface area contributed by atoms with Crippen molar-refractivity contribution in [2.75, 3.05) is 0 Å². The van der Waals surface area contributed by atoms with Crippen LogP contribution in [0.2, 0.25) is 0 Å². The Morgan fingerprint density at radius 2 is 2.06 bits per heavy atom. The molecule has 1 aromatic rings. The lowest BCUT2D eigenvalue weighted by Gasteiger charge is -2.04. The molecule has 0 saturated heterocycles. The van der Waals surface area contributed by atoms with E-state index in [0.29, 0.717) is 6.07 Å². The van der Waals surface area contributed by atoms with Gasteiger partial charge in [-0.25, -0.2) is 17.2 Å². The van der Waals surface area contributed by atoms with E-state index in [1.165, 1.54) is 0 Å². The Kier molecular flexibility index (Phi) is 3.62. The Morgan fingerprint density at radius 1 is 1.53 bits per heavy atom. The van der Waals surface area contributed by atoms with Gasteiger partial charge in [-0.3, -0.25) is 0 Å². The molecule has 0 aliphatic rings. The summed E-state index contributed by atoms with van der Waals surface area (Å²) in [5.41, 5.74) is -1.13. The SMILES string of the molecule is Cc1cc(C(F)F)c([N+](=O)[O-])nc1S(=O)(=O)Cl. The van der Waals surface area contributed by atoms with Crippen molar-refractivity contribution in [1.29, 1.82) is 0 Å². The summed E-state index contributed by atoms with van der Waals surface area (Å²) in [6.45, 7) is 1.16. The van der Waals surface area contributed by atoms with Crippen molar-refractivity contribution in [2.24, 2.45) is 0 Å².